The molecule has 1 fully saturated rings. The zero-order valence-electron chi connectivity index (χ0n) is 13.5. The molecule has 1 aliphatic rings. The maximum absolute atomic E-state index is 12.8. The predicted molar refractivity (Wildman–Crippen MR) is 95.5 cm³/mol. The molecular formula is C18H20ClNO3S. The first-order chi connectivity index (χ1) is 11.4. The number of nitrogens with zero attached hydrogens (tertiary/aromatic N) is 1. The highest BCUT2D eigenvalue weighted by atomic mass is 35.5. The minimum absolute atomic E-state index is 0.0109. The lowest BCUT2D eigenvalue weighted by atomic mass is 10.1. The number of benzene rings is 2. The van der Waals surface area contributed by atoms with Crippen molar-refractivity contribution < 1.29 is 13.2 Å². The monoisotopic (exact) mass is 365 g/mol. The van der Waals surface area contributed by atoms with Gasteiger partial charge in [-0.25, -0.2) is 8.42 Å². The molecule has 0 amide bonds. The van der Waals surface area contributed by atoms with Gasteiger partial charge in [0.05, 0.1) is 18.5 Å². The fraction of sp³-hybridized carbons (Fsp3) is 0.333. The highest BCUT2D eigenvalue weighted by molar-refractivity contribution is 7.88. The fourth-order valence-corrected chi connectivity index (χ4v) is 4.59. The minimum atomic E-state index is -3.38. The van der Waals surface area contributed by atoms with Crippen LogP contribution in [0.5, 0.6) is 0 Å². The molecule has 1 aliphatic heterocycles. The molecule has 0 aromatic heterocycles. The summed E-state index contributed by atoms with van der Waals surface area (Å²) in [6.07, 6.45) is -0.287. The fourth-order valence-electron chi connectivity index (χ4n) is 2.89. The topological polar surface area (TPSA) is 46.6 Å². The number of rotatable bonds is 4. The van der Waals surface area contributed by atoms with Crippen molar-refractivity contribution in [1.29, 1.82) is 0 Å². The Morgan fingerprint density at radius 2 is 2.00 bits per heavy atom. The highest BCUT2D eigenvalue weighted by Crippen LogP contribution is 2.26. The molecule has 0 radical (unpaired) electrons. The summed E-state index contributed by atoms with van der Waals surface area (Å²) in [5, 5.41) is 0.621. The van der Waals surface area contributed by atoms with Crippen LogP contribution in [0.4, 0.5) is 0 Å². The summed E-state index contributed by atoms with van der Waals surface area (Å²) in [5.41, 5.74) is 2.76. The molecule has 4 nitrogen and oxygen atoms in total. The first-order valence-corrected chi connectivity index (χ1v) is 9.83. The summed E-state index contributed by atoms with van der Waals surface area (Å²) in [6.45, 7) is 3.03. The van der Waals surface area contributed by atoms with Crippen LogP contribution >= 0.6 is 11.6 Å². The quantitative estimate of drug-likeness (QED) is 0.832. The summed E-state index contributed by atoms with van der Waals surface area (Å²) >= 11 is 6.03. The lowest BCUT2D eigenvalue weighted by Gasteiger charge is -2.32. The number of sulfonamides is 1. The number of hydrogen-bond acceptors (Lipinski definition) is 3. The molecule has 1 unspecified atom stereocenters. The lowest BCUT2D eigenvalue weighted by molar-refractivity contribution is -0.00259. The summed E-state index contributed by atoms with van der Waals surface area (Å²) in [4.78, 5) is 0. The largest absolute Gasteiger partial charge is 0.371 e. The van der Waals surface area contributed by atoms with Gasteiger partial charge in [-0.2, -0.15) is 4.31 Å². The van der Waals surface area contributed by atoms with Gasteiger partial charge >= 0.3 is 0 Å². The molecule has 0 spiro atoms. The van der Waals surface area contributed by atoms with Gasteiger partial charge < -0.3 is 4.74 Å². The molecule has 0 bridgehead atoms. The second-order valence-corrected chi connectivity index (χ2v) is 8.42. The molecule has 3 rings (SSSR count). The van der Waals surface area contributed by atoms with Crippen molar-refractivity contribution in [2.24, 2.45) is 0 Å². The van der Waals surface area contributed by atoms with Crippen LogP contribution in [0.15, 0.2) is 48.5 Å². The molecular weight excluding hydrogens is 346 g/mol. The third-order valence-electron chi connectivity index (χ3n) is 4.07. The Morgan fingerprint density at radius 3 is 2.75 bits per heavy atom. The van der Waals surface area contributed by atoms with Gasteiger partial charge in [-0.15, -0.1) is 0 Å². The zero-order valence-corrected chi connectivity index (χ0v) is 15.1. The van der Waals surface area contributed by atoms with Gasteiger partial charge in [0.1, 0.15) is 0 Å². The first kappa shape index (κ1) is 17.4. The van der Waals surface area contributed by atoms with Crippen molar-refractivity contribution in [3.63, 3.8) is 0 Å². The van der Waals surface area contributed by atoms with Crippen LogP contribution in [0.25, 0.3) is 0 Å². The van der Waals surface area contributed by atoms with E-state index in [0.717, 1.165) is 16.7 Å². The molecule has 0 N–H and O–H groups in total. The average molecular weight is 366 g/mol. The van der Waals surface area contributed by atoms with Crippen LogP contribution in [0, 0.1) is 6.92 Å². The van der Waals surface area contributed by atoms with Crippen LogP contribution in [0.3, 0.4) is 0 Å². The zero-order chi connectivity index (χ0) is 17.2. The Morgan fingerprint density at radius 1 is 1.21 bits per heavy atom. The van der Waals surface area contributed by atoms with Gasteiger partial charge in [-0.1, -0.05) is 53.6 Å². The third-order valence-corrected chi connectivity index (χ3v) is 6.13. The van der Waals surface area contributed by atoms with E-state index in [0.29, 0.717) is 24.7 Å². The van der Waals surface area contributed by atoms with E-state index in [9.17, 15) is 8.42 Å². The summed E-state index contributed by atoms with van der Waals surface area (Å²) in [7, 11) is -3.38. The molecule has 24 heavy (non-hydrogen) atoms. The molecule has 0 saturated carbocycles. The molecule has 2 aromatic carbocycles. The Bertz CT molecular complexity index is 823. The van der Waals surface area contributed by atoms with Crippen LogP contribution in [-0.4, -0.2) is 32.4 Å². The third kappa shape index (κ3) is 4.16. The van der Waals surface area contributed by atoms with Gasteiger partial charge in [0.25, 0.3) is 0 Å². The van der Waals surface area contributed by atoms with Crippen molar-refractivity contribution in [2.75, 3.05) is 19.7 Å². The summed E-state index contributed by atoms with van der Waals surface area (Å²) in [6, 6.07) is 15.0. The Labute approximate surface area is 148 Å². The van der Waals surface area contributed by atoms with E-state index in [1.807, 2.05) is 49.4 Å². The standard InChI is InChI=1S/C18H20ClNO3S/c1-14-4-2-5-15(10-14)13-24(21,22)20-8-9-23-18(12-20)16-6-3-7-17(19)11-16/h2-7,10-11,18H,8-9,12-13H2,1H3. The van der Waals surface area contributed by atoms with E-state index in [-0.39, 0.29) is 11.9 Å². The molecule has 0 aliphatic carbocycles. The smallest absolute Gasteiger partial charge is 0.218 e. The minimum Gasteiger partial charge on any atom is -0.371 e. The van der Waals surface area contributed by atoms with Gasteiger partial charge in [0, 0.05) is 18.1 Å². The van der Waals surface area contributed by atoms with Crippen LogP contribution in [0.1, 0.15) is 22.8 Å². The van der Waals surface area contributed by atoms with E-state index in [1.165, 1.54) is 4.31 Å². The maximum atomic E-state index is 12.8. The van der Waals surface area contributed by atoms with Crippen molar-refractivity contribution in [3.05, 3.63) is 70.2 Å². The van der Waals surface area contributed by atoms with Gasteiger partial charge in [0.2, 0.25) is 10.0 Å². The predicted octanol–water partition coefficient (Wildman–Crippen LogP) is 3.55. The number of hydrogen-bond donors (Lipinski definition) is 0. The number of halogens is 1. The average Bonchev–Trinajstić information content (AvgIpc) is 2.55. The number of morpholine rings is 1. The SMILES string of the molecule is Cc1cccc(CS(=O)(=O)N2CCOC(c3cccc(Cl)c3)C2)c1. The first-order valence-electron chi connectivity index (χ1n) is 7.84. The van der Waals surface area contributed by atoms with Gasteiger partial charge in [0.15, 0.2) is 0 Å². The molecule has 1 saturated heterocycles. The molecule has 1 heterocycles. The van der Waals surface area contributed by atoms with Crippen molar-refractivity contribution in [3.8, 4) is 0 Å². The van der Waals surface area contributed by atoms with E-state index >= 15 is 0 Å². The summed E-state index contributed by atoms with van der Waals surface area (Å²) in [5.74, 6) is 0.0109. The summed E-state index contributed by atoms with van der Waals surface area (Å²) < 4.78 is 32.8. The van der Waals surface area contributed by atoms with Crippen molar-refractivity contribution in [2.45, 2.75) is 18.8 Å². The van der Waals surface area contributed by atoms with Crippen LogP contribution in [0.2, 0.25) is 5.02 Å². The molecule has 2 aromatic rings. The van der Waals surface area contributed by atoms with Crippen molar-refractivity contribution >= 4 is 21.6 Å². The lowest BCUT2D eigenvalue weighted by Crippen LogP contribution is -2.42. The Balaban J connectivity index is 1.76. The second-order valence-electron chi connectivity index (χ2n) is 6.02. The Hall–Kier alpha value is -1.40. The van der Waals surface area contributed by atoms with Crippen LogP contribution < -0.4 is 0 Å². The maximum Gasteiger partial charge on any atom is 0.218 e. The van der Waals surface area contributed by atoms with E-state index < -0.39 is 10.0 Å². The molecule has 6 heteroatoms. The Kier molecular flexibility index (Phi) is 5.25. The van der Waals surface area contributed by atoms with E-state index in [4.69, 9.17) is 16.3 Å². The van der Waals surface area contributed by atoms with Gasteiger partial charge in [-0.05, 0) is 30.2 Å². The highest BCUT2D eigenvalue weighted by Gasteiger charge is 2.30. The van der Waals surface area contributed by atoms with Crippen LogP contribution in [-0.2, 0) is 20.5 Å². The number of ether oxygens (including phenoxy) is 1. The van der Waals surface area contributed by atoms with E-state index in [1.54, 1.807) is 6.07 Å². The van der Waals surface area contributed by atoms with Crippen molar-refractivity contribution in [1.82, 2.24) is 4.31 Å². The van der Waals surface area contributed by atoms with Gasteiger partial charge in [-0.3, -0.25) is 0 Å². The van der Waals surface area contributed by atoms with E-state index in [2.05, 4.69) is 0 Å². The number of aryl methyl sites for hydroxylation is 1. The normalized spacial score (nSPS) is 19.3. The second kappa shape index (κ2) is 7.23. The molecule has 128 valence electrons. The molecule has 1 atom stereocenters.